The zero-order valence-electron chi connectivity index (χ0n) is 33.2. The molecule has 0 spiro atoms. The fourth-order valence-corrected chi connectivity index (χ4v) is 8.60. The van der Waals surface area contributed by atoms with E-state index in [2.05, 4.69) is 97.1 Å². The van der Waals surface area contributed by atoms with Crippen LogP contribution in [0.15, 0.2) is 215 Å². The van der Waals surface area contributed by atoms with E-state index < -0.39 is 0 Å². The minimum atomic E-state index is 0.578. The first-order valence-electron chi connectivity index (χ1n) is 20.6. The predicted octanol–water partition coefficient (Wildman–Crippen LogP) is 14.7. The average molecular weight is 795 g/mol. The number of aromatic nitrogens is 4. The van der Waals surface area contributed by atoms with Gasteiger partial charge in [-0.05, 0) is 68.9 Å². The molecule has 62 heavy (non-hydrogen) atoms. The Kier molecular flexibility index (Phi) is 8.38. The van der Waals surface area contributed by atoms with Crippen molar-refractivity contribution in [3.05, 3.63) is 206 Å². The van der Waals surface area contributed by atoms with Crippen LogP contribution in [0.3, 0.4) is 0 Å². The molecule has 0 unspecified atom stereocenters. The third-order valence-electron chi connectivity index (χ3n) is 11.6. The molecule has 3 aromatic heterocycles. The van der Waals surface area contributed by atoms with Crippen molar-refractivity contribution in [3.63, 3.8) is 0 Å². The molecule has 0 N–H and O–H groups in total. The van der Waals surface area contributed by atoms with E-state index in [0.717, 1.165) is 99.4 Å². The highest BCUT2D eigenvalue weighted by Gasteiger charge is 2.22. The van der Waals surface area contributed by atoms with Crippen molar-refractivity contribution in [3.8, 4) is 79.0 Å². The number of hydrogen-bond donors (Lipinski definition) is 0. The highest BCUT2D eigenvalue weighted by Crippen LogP contribution is 2.43. The van der Waals surface area contributed by atoms with Gasteiger partial charge < -0.3 is 8.83 Å². The molecule has 9 aromatic carbocycles. The molecule has 12 aromatic rings. The van der Waals surface area contributed by atoms with E-state index in [9.17, 15) is 0 Å². The summed E-state index contributed by atoms with van der Waals surface area (Å²) < 4.78 is 13.0. The van der Waals surface area contributed by atoms with Crippen molar-refractivity contribution < 1.29 is 8.83 Å². The number of rotatable bonds is 7. The molecule has 12 rings (SSSR count). The van der Waals surface area contributed by atoms with Gasteiger partial charge in [-0.15, -0.1) is 0 Å². The maximum atomic E-state index is 6.58. The van der Waals surface area contributed by atoms with Crippen molar-refractivity contribution in [2.45, 2.75) is 0 Å². The topological polar surface area (TPSA) is 77.8 Å². The van der Waals surface area contributed by atoms with E-state index >= 15 is 0 Å². The van der Waals surface area contributed by atoms with E-state index in [1.165, 1.54) is 0 Å². The molecular weight excluding hydrogens is 761 g/mol. The highest BCUT2D eigenvalue weighted by molar-refractivity contribution is 6.17. The third-order valence-corrected chi connectivity index (χ3v) is 11.6. The maximum absolute atomic E-state index is 6.58. The molecule has 0 saturated carbocycles. The summed E-state index contributed by atoms with van der Waals surface area (Å²) in [4.78, 5) is 20.0. The summed E-state index contributed by atoms with van der Waals surface area (Å²) in [5, 5.41) is 4.35. The lowest BCUT2D eigenvalue weighted by Crippen LogP contribution is -2.00. The molecule has 0 amide bonds. The summed E-state index contributed by atoms with van der Waals surface area (Å²) in [6.07, 6.45) is 0. The van der Waals surface area contributed by atoms with E-state index in [4.69, 9.17) is 28.8 Å². The summed E-state index contributed by atoms with van der Waals surface area (Å²) in [5.74, 6) is 2.47. The van der Waals surface area contributed by atoms with E-state index in [-0.39, 0.29) is 0 Å². The lowest BCUT2D eigenvalue weighted by molar-refractivity contribution is 0.620. The highest BCUT2D eigenvalue weighted by atomic mass is 16.4. The van der Waals surface area contributed by atoms with Gasteiger partial charge in [0.15, 0.2) is 23.1 Å². The number of nitrogens with zero attached hydrogens (tertiary/aromatic N) is 4. The van der Waals surface area contributed by atoms with Gasteiger partial charge in [-0.1, -0.05) is 176 Å². The van der Waals surface area contributed by atoms with Gasteiger partial charge in [0.05, 0.1) is 5.56 Å². The van der Waals surface area contributed by atoms with Gasteiger partial charge in [0.2, 0.25) is 5.89 Å². The minimum Gasteiger partial charge on any atom is -0.455 e. The summed E-state index contributed by atoms with van der Waals surface area (Å²) in [7, 11) is 0. The standard InChI is InChI=1S/C56H34N4O2/c1-4-15-37(16-5-1)53-58-54(38-17-6-2-7-18-38)60-55(59-53)41-22-14-21-40(33-41)43-32-31-42(44-23-10-11-24-45(43)44)35-27-29-36(30-28-35)50-51-49(62-56(57-51)39-19-8-3-9-20-39)34-47-46-25-12-13-26-48(46)61-52(47)50/h1-34H. The van der Waals surface area contributed by atoms with Gasteiger partial charge in [-0.2, -0.15) is 0 Å². The second-order valence-corrected chi connectivity index (χ2v) is 15.4. The summed E-state index contributed by atoms with van der Waals surface area (Å²) in [6.45, 7) is 0. The Morgan fingerprint density at radius 2 is 0.790 bits per heavy atom. The molecule has 0 aliphatic rings. The van der Waals surface area contributed by atoms with Crippen LogP contribution in [0.5, 0.6) is 0 Å². The molecule has 0 aliphatic carbocycles. The number of hydrogen-bond acceptors (Lipinski definition) is 6. The zero-order valence-corrected chi connectivity index (χ0v) is 33.2. The van der Waals surface area contributed by atoms with Crippen LogP contribution in [0.4, 0.5) is 0 Å². The minimum absolute atomic E-state index is 0.578. The summed E-state index contributed by atoms with van der Waals surface area (Å²) in [5.41, 5.74) is 13.2. The first-order valence-corrected chi connectivity index (χ1v) is 20.6. The van der Waals surface area contributed by atoms with Crippen LogP contribution < -0.4 is 0 Å². The first kappa shape index (κ1) is 35.5. The van der Waals surface area contributed by atoms with Crippen molar-refractivity contribution in [2.75, 3.05) is 0 Å². The Balaban J connectivity index is 0.946. The number of oxazole rings is 1. The molecule has 6 nitrogen and oxygen atoms in total. The second kappa shape index (κ2) is 14.7. The molecule has 6 heteroatoms. The molecule has 0 radical (unpaired) electrons. The van der Waals surface area contributed by atoms with E-state index in [1.807, 2.05) is 109 Å². The van der Waals surface area contributed by atoms with E-state index in [0.29, 0.717) is 23.4 Å². The first-order chi connectivity index (χ1) is 30.7. The summed E-state index contributed by atoms with van der Waals surface area (Å²) in [6, 6.07) is 70.6. The van der Waals surface area contributed by atoms with Crippen LogP contribution in [0.25, 0.3) is 123 Å². The van der Waals surface area contributed by atoms with Crippen molar-refractivity contribution >= 4 is 43.8 Å². The fraction of sp³-hybridized carbons (Fsp3) is 0. The molecule has 290 valence electrons. The van der Waals surface area contributed by atoms with Crippen LogP contribution in [0.1, 0.15) is 0 Å². The monoisotopic (exact) mass is 794 g/mol. The van der Waals surface area contributed by atoms with Crippen LogP contribution in [-0.2, 0) is 0 Å². The third kappa shape index (κ3) is 6.13. The Hall–Kier alpha value is -8.48. The Labute approximate surface area is 356 Å². The van der Waals surface area contributed by atoms with E-state index in [1.54, 1.807) is 0 Å². The van der Waals surface area contributed by atoms with Gasteiger partial charge in [-0.25, -0.2) is 19.9 Å². The van der Waals surface area contributed by atoms with Crippen LogP contribution in [0.2, 0.25) is 0 Å². The molecule has 0 aliphatic heterocycles. The molecule has 0 bridgehead atoms. The molecule has 0 saturated heterocycles. The number of para-hydroxylation sites is 1. The largest absolute Gasteiger partial charge is 0.455 e. The smallest absolute Gasteiger partial charge is 0.227 e. The number of benzene rings is 9. The van der Waals surface area contributed by atoms with Crippen LogP contribution >= 0.6 is 0 Å². The fourth-order valence-electron chi connectivity index (χ4n) is 8.60. The molecule has 0 fully saturated rings. The summed E-state index contributed by atoms with van der Waals surface area (Å²) >= 11 is 0. The van der Waals surface area contributed by atoms with Gasteiger partial charge >= 0.3 is 0 Å². The van der Waals surface area contributed by atoms with Crippen molar-refractivity contribution in [1.29, 1.82) is 0 Å². The number of furan rings is 1. The quantitative estimate of drug-likeness (QED) is 0.160. The zero-order chi connectivity index (χ0) is 41.0. The van der Waals surface area contributed by atoms with Gasteiger partial charge in [0.1, 0.15) is 16.7 Å². The Bertz CT molecular complexity index is 3560. The Morgan fingerprint density at radius 3 is 1.44 bits per heavy atom. The average Bonchev–Trinajstić information content (AvgIpc) is 3.95. The lowest BCUT2D eigenvalue weighted by atomic mass is 9.91. The lowest BCUT2D eigenvalue weighted by Gasteiger charge is -2.14. The number of fused-ring (bicyclic) bond motifs is 5. The predicted molar refractivity (Wildman–Crippen MR) is 250 cm³/mol. The van der Waals surface area contributed by atoms with Crippen LogP contribution in [0, 0.1) is 0 Å². The SMILES string of the molecule is c1ccc(-c2nc(-c3ccccc3)nc(-c3cccc(-c4ccc(-c5ccc(-c6c7nc(-c8ccccc8)oc7cc7c6oc6ccccc67)cc5)c5ccccc45)c3)n2)cc1. The Morgan fingerprint density at radius 1 is 0.290 bits per heavy atom. The van der Waals surface area contributed by atoms with Gasteiger partial charge in [0.25, 0.3) is 0 Å². The molecule has 0 atom stereocenters. The van der Waals surface area contributed by atoms with Crippen LogP contribution in [-0.4, -0.2) is 19.9 Å². The molecular formula is C56H34N4O2. The van der Waals surface area contributed by atoms with Gasteiger partial charge in [-0.3, -0.25) is 0 Å². The van der Waals surface area contributed by atoms with Crippen molar-refractivity contribution in [2.24, 2.45) is 0 Å². The van der Waals surface area contributed by atoms with Crippen molar-refractivity contribution in [1.82, 2.24) is 19.9 Å². The maximum Gasteiger partial charge on any atom is 0.227 e. The van der Waals surface area contributed by atoms with Gasteiger partial charge in [0, 0.05) is 33.0 Å². The second-order valence-electron chi connectivity index (χ2n) is 15.4. The molecule has 3 heterocycles. The normalized spacial score (nSPS) is 11.5.